The lowest BCUT2D eigenvalue weighted by molar-refractivity contribution is -0.137. The number of aliphatic carboxylic acids is 2. The summed E-state index contributed by atoms with van der Waals surface area (Å²) in [5.74, 6) is -3.10. The van der Waals surface area contributed by atoms with Gasteiger partial charge >= 0.3 is 11.9 Å². The normalized spacial score (nSPS) is 10.1. The Hall–Kier alpha value is -1.50. The molecule has 7 heteroatoms. The molecular formula is C9H7BrFNO4. The van der Waals surface area contributed by atoms with E-state index in [1.54, 1.807) is 0 Å². The Balaban J connectivity index is 3.11. The fourth-order valence-corrected chi connectivity index (χ4v) is 1.62. The van der Waals surface area contributed by atoms with E-state index in [9.17, 15) is 14.0 Å². The van der Waals surface area contributed by atoms with Gasteiger partial charge in [-0.1, -0.05) is 0 Å². The van der Waals surface area contributed by atoms with Crippen LogP contribution in [0.25, 0.3) is 0 Å². The second kappa shape index (κ2) is 5.02. The van der Waals surface area contributed by atoms with E-state index in [4.69, 9.17) is 10.2 Å². The highest BCUT2D eigenvalue weighted by molar-refractivity contribution is 9.10. The van der Waals surface area contributed by atoms with Crippen LogP contribution in [0, 0.1) is 5.82 Å². The van der Waals surface area contributed by atoms with E-state index in [2.05, 4.69) is 20.9 Å². The number of nitrogens with zero attached hydrogens (tertiary/aromatic N) is 1. The number of carbonyl (C=O) groups is 2. The predicted octanol–water partition coefficient (Wildman–Crippen LogP) is 1.24. The first-order valence-electron chi connectivity index (χ1n) is 4.17. The molecule has 0 amide bonds. The molecule has 16 heavy (non-hydrogen) atoms. The highest BCUT2D eigenvalue weighted by Gasteiger charge is 2.14. The predicted molar refractivity (Wildman–Crippen MR) is 54.6 cm³/mol. The molecule has 0 aliphatic rings. The minimum Gasteiger partial charge on any atom is -0.481 e. The first kappa shape index (κ1) is 12.6. The van der Waals surface area contributed by atoms with Crippen LogP contribution in [0.1, 0.15) is 11.3 Å². The minimum atomic E-state index is -1.20. The van der Waals surface area contributed by atoms with Crippen molar-refractivity contribution in [2.75, 3.05) is 0 Å². The fraction of sp³-hybridized carbons (Fsp3) is 0.222. The maximum Gasteiger partial charge on any atom is 0.309 e. The van der Waals surface area contributed by atoms with Gasteiger partial charge in [0.2, 0.25) is 0 Å². The number of carboxylic acid groups (broad SMARTS) is 2. The second-order valence-electron chi connectivity index (χ2n) is 3.02. The van der Waals surface area contributed by atoms with Gasteiger partial charge in [0.05, 0.1) is 18.5 Å². The molecule has 0 aromatic carbocycles. The first-order chi connectivity index (χ1) is 7.40. The number of aromatic nitrogens is 1. The van der Waals surface area contributed by atoms with Crippen molar-refractivity contribution in [3.05, 3.63) is 27.7 Å². The molecule has 0 bridgehead atoms. The largest absolute Gasteiger partial charge is 0.481 e. The Labute approximate surface area is 98.1 Å². The summed E-state index contributed by atoms with van der Waals surface area (Å²) >= 11 is 2.80. The third-order valence-electron chi connectivity index (χ3n) is 1.72. The van der Waals surface area contributed by atoms with E-state index in [1.165, 1.54) is 0 Å². The van der Waals surface area contributed by atoms with Gasteiger partial charge in [0.25, 0.3) is 0 Å². The standard InChI is InChI=1S/C9H7BrFNO4/c10-9-8(11)4(2-6(13)14)1-5(12-9)3-7(15)16/h1H,2-3H2,(H,13,14)(H,15,16). The van der Waals surface area contributed by atoms with Crippen molar-refractivity contribution in [3.8, 4) is 0 Å². The van der Waals surface area contributed by atoms with Crippen LogP contribution in [-0.4, -0.2) is 27.1 Å². The lowest BCUT2D eigenvalue weighted by atomic mass is 10.1. The maximum atomic E-state index is 13.4. The van der Waals surface area contributed by atoms with Crippen LogP contribution in [0.4, 0.5) is 4.39 Å². The molecule has 0 saturated carbocycles. The second-order valence-corrected chi connectivity index (χ2v) is 3.77. The van der Waals surface area contributed by atoms with Gasteiger partial charge in [0.1, 0.15) is 4.60 Å². The van der Waals surface area contributed by atoms with Gasteiger partial charge in [-0.25, -0.2) is 9.37 Å². The van der Waals surface area contributed by atoms with E-state index >= 15 is 0 Å². The van der Waals surface area contributed by atoms with Crippen LogP contribution < -0.4 is 0 Å². The first-order valence-corrected chi connectivity index (χ1v) is 4.97. The molecule has 0 spiro atoms. The third-order valence-corrected chi connectivity index (χ3v) is 2.25. The van der Waals surface area contributed by atoms with E-state index in [0.717, 1.165) is 6.07 Å². The smallest absolute Gasteiger partial charge is 0.309 e. The average molecular weight is 292 g/mol. The fourth-order valence-electron chi connectivity index (χ4n) is 1.14. The van der Waals surface area contributed by atoms with Crippen molar-refractivity contribution in [2.45, 2.75) is 12.8 Å². The monoisotopic (exact) mass is 291 g/mol. The van der Waals surface area contributed by atoms with Crippen LogP contribution in [0.3, 0.4) is 0 Å². The molecule has 86 valence electrons. The molecule has 0 aliphatic heterocycles. The van der Waals surface area contributed by atoms with Gasteiger partial charge in [-0.05, 0) is 22.0 Å². The Kier molecular flexibility index (Phi) is 3.94. The van der Waals surface area contributed by atoms with Crippen LogP contribution in [0.15, 0.2) is 10.7 Å². The lowest BCUT2D eigenvalue weighted by Crippen LogP contribution is -2.08. The molecule has 0 unspecified atom stereocenters. The molecule has 1 heterocycles. The molecule has 0 aliphatic carbocycles. The molecule has 2 N–H and O–H groups in total. The van der Waals surface area contributed by atoms with Crippen LogP contribution in [0.2, 0.25) is 0 Å². The van der Waals surface area contributed by atoms with Crippen LogP contribution >= 0.6 is 15.9 Å². The van der Waals surface area contributed by atoms with E-state index in [0.29, 0.717) is 0 Å². The Morgan fingerprint density at radius 1 is 1.31 bits per heavy atom. The van der Waals surface area contributed by atoms with Gasteiger partial charge < -0.3 is 10.2 Å². The summed E-state index contributed by atoms with van der Waals surface area (Å²) < 4.78 is 13.2. The molecule has 0 atom stereocenters. The zero-order chi connectivity index (χ0) is 12.3. The van der Waals surface area contributed by atoms with Gasteiger partial charge in [0, 0.05) is 5.56 Å². The van der Waals surface area contributed by atoms with Gasteiger partial charge in [-0.3, -0.25) is 9.59 Å². The summed E-state index contributed by atoms with van der Waals surface area (Å²) in [5.41, 5.74) is 0.0163. The SMILES string of the molecule is O=C(O)Cc1cc(CC(=O)O)c(F)c(Br)n1. The van der Waals surface area contributed by atoms with Crippen molar-refractivity contribution in [1.82, 2.24) is 4.98 Å². The van der Waals surface area contributed by atoms with Gasteiger partial charge in [-0.15, -0.1) is 0 Å². The molecule has 1 aromatic heterocycles. The third kappa shape index (κ3) is 3.27. The molecular weight excluding hydrogens is 285 g/mol. The van der Waals surface area contributed by atoms with Crippen molar-refractivity contribution >= 4 is 27.9 Å². The van der Waals surface area contributed by atoms with E-state index < -0.39 is 24.2 Å². The Morgan fingerprint density at radius 2 is 1.88 bits per heavy atom. The zero-order valence-corrected chi connectivity index (χ0v) is 9.49. The minimum absolute atomic E-state index is 0.0920. The Morgan fingerprint density at radius 3 is 2.38 bits per heavy atom. The van der Waals surface area contributed by atoms with Gasteiger partial charge in [-0.2, -0.15) is 0 Å². The highest BCUT2D eigenvalue weighted by atomic mass is 79.9. The molecule has 5 nitrogen and oxygen atoms in total. The zero-order valence-electron chi connectivity index (χ0n) is 7.91. The van der Waals surface area contributed by atoms with Crippen molar-refractivity contribution in [2.24, 2.45) is 0 Å². The maximum absolute atomic E-state index is 13.4. The molecule has 1 aromatic rings. The van der Waals surface area contributed by atoms with E-state index in [1.807, 2.05) is 0 Å². The quantitative estimate of drug-likeness (QED) is 0.815. The number of hydrogen-bond acceptors (Lipinski definition) is 3. The number of hydrogen-bond donors (Lipinski definition) is 2. The van der Waals surface area contributed by atoms with Gasteiger partial charge in [0.15, 0.2) is 5.82 Å². The number of rotatable bonds is 4. The molecule has 0 saturated heterocycles. The summed E-state index contributed by atoms with van der Waals surface area (Å²) in [6.45, 7) is 0. The number of carboxylic acids is 2. The number of halogens is 2. The van der Waals surface area contributed by atoms with E-state index in [-0.39, 0.29) is 22.3 Å². The highest BCUT2D eigenvalue weighted by Crippen LogP contribution is 2.19. The topological polar surface area (TPSA) is 87.5 Å². The summed E-state index contributed by atoms with van der Waals surface area (Å²) in [7, 11) is 0. The Bertz CT molecular complexity index is 449. The number of pyridine rings is 1. The summed E-state index contributed by atoms with van der Waals surface area (Å²) in [6.07, 6.45) is -0.898. The van der Waals surface area contributed by atoms with Crippen molar-refractivity contribution < 1.29 is 24.2 Å². The summed E-state index contributed by atoms with van der Waals surface area (Å²) in [5, 5.41) is 17.1. The molecule has 0 radical (unpaired) electrons. The summed E-state index contributed by atoms with van der Waals surface area (Å²) in [4.78, 5) is 24.5. The molecule has 0 fully saturated rings. The van der Waals surface area contributed by atoms with Crippen LogP contribution in [0.5, 0.6) is 0 Å². The average Bonchev–Trinajstić information content (AvgIpc) is 2.11. The summed E-state index contributed by atoms with van der Waals surface area (Å²) in [6, 6.07) is 1.14. The lowest BCUT2D eigenvalue weighted by Gasteiger charge is -2.04. The van der Waals surface area contributed by atoms with Crippen molar-refractivity contribution in [1.29, 1.82) is 0 Å². The molecule has 1 rings (SSSR count). The van der Waals surface area contributed by atoms with Crippen LogP contribution in [-0.2, 0) is 22.4 Å². The van der Waals surface area contributed by atoms with Crippen molar-refractivity contribution in [3.63, 3.8) is 0 Å².